The number of carbonyl (C=O) groups is 1. The molecule has 0 spiro atoms. The van der Waals surface area contributed by atoms with Gasteiger partial charge in [0, 0.05) is 37.3 Å². The SMILES string of the molecule is CCNS(=O)(=O)c1ccc(C(=O)NCC(C)(C)N2C[C@@H](C)O[C@H](C)C2)cc1. The zero-order chi connectivity index (χ0) is 20.2. The summed E-state index contributed by atoms with van der Waals surface area (Å²) in [5.41, 5.74) is 0.223. The van der Waals surface area contributed by atoms with Gasteiger partial charge in [0.05, 0.1) is 17.1 Å². The second kappa shape index (κ2) is 8.68. The van der Waals surface area contributed by atoms with Gasteiger partial charge in [-0.15, -0.1) is 0 Å². The zero-order valence-electron chi connectivity index (χ0n) is 16.8. The summed E-state index contributed by atoms with van der Waals surface area (Å²) in [6, 6.07) is 5.96. The van der Waals surface area contributed by atoms with Crippen LogP contribution in [0.5, 0.6) is 0 Å². The number of hydrogen-bond donors (Lipinski definition) is 2. The third kappa shape index (κ3) is 5.75. The number of benzene rings is 1. The Kier molecular flexibility index (Phi) is 7.02. The van der Waals surface area contributed by atoms with Gasteiger partial charge in [-0.1, -0.05) is 6.92 Å². The highest BCUT2D eigenvalue weighted by atomic mass is 32.2. The van der Waals surface area contributed by atoms with Crippen molar-refractivity contribution >= 4 is 15.9 Å². The molecule has 1 aromatic carbocycles. The molecule has 1 aliphatic heterocycles. The molecule has 0 saturated carbocycles. The van der Waals surface area contributed by atoms with Crippen LogP contribution in [-0.4, -0.2) is 63.2 Å². The average molecular weight is 398 g/mol. The Morgan fingerprint density at radius 3 is 2.26 bits per heavy atom. The zero-order valence-corrected chi connectivity index (χ0v) is 17.6. The summed E-state index contributed by atoms with van der Waals surface area (Å²) in [4.78, 5) is 15.0. The molecule has 1 aliphatic rings. The minimum Gasteiger partial charge on any atom is -0.373 e. The first-order valence-electron chi connectivity index (χ1n) is 9.33. The van der Waals surface area contributed by atoms with Crippen LogP contribution in [0.4, 0.5) is 0 Å². The third-order valence-electron chi connectivity index (χ3n) is 4.72. The molecule has 0 unspecified atom stereocenters. The Morgan fingerprint density at radius 2 is 1.74 bits per heavy atom. The number of nitrogens with one attached hydrogen (secondary N) is 2. The number of ether oxygens (including phenoxy) is 1. The van der Waals surface area contributed by atoms with E-state index in [-0.39, 0.29) is 28.5 Å². The number of rotatable bonds is 7. The number of hydrogen-bond acceptors (Lipinski definition) is 5. The highest BCUT2D eigenvalue weighted by molar-refractivity contribution is 7.89. The van der Waals surface area contributed by atoms with E-state index in [1.54, 1.807) is 6.92 Å². The monoisotopic (exact) mass is 397 g/mol. The maximum Gasteiger partial charge on any atom is 0.251 e. The molecule has 2 rings (SSSR count). The molecular weight excluding hydrogens is 366 g/mol. The smallest absolute Gasteiger partial charge is 0.251 e. The van der Waals surface area contributed by atoms with E-state index in [9.17, 15) is 13.2 Å². The largest absolute Gasteiger partial charge is 0.373 e. The molecule has 1 amide bonds. The molecule has 2 N–H and O–H groups in total. The predicted octanol–water partition coefficient (Wildman–Crippen LogP) is 1.60. The van der Waals surface area contributed by atoms with Crippen molar-refractivity contribution < 1.29 is 17.9 Å². The van der Waals surface area contributed by atoms with Gasteiger partial charge in [0.25, 0.3) is 5.91 Å². The van der Waals surface area contributed by atoms with Crippen LogP contribution in [0.25, 0.3) is 0 Å². The summed E-state index contributed by atoms with van der Waals surface area (Å²) < 4.78 is 32.2. The van der Waals surface area contributed by atoms with Crippen LogP contribution < -0.4 is 10.0 Å². The molecule has 0 aromatic heterocycles. The van der Waals surface area contributed by atoms with Gasteiger partial charge in [0.2, 0.25) is 10.0 Å². The molecule has 7 nitrogen and oxygen atoms in total. The van der Waals surface area contributed by atoms with Crippen molar-refractivity contribution in [2.45, 2.75) is 57.3 Å². The molecule has 0 radical (unpaired) electrons. The first kappa shape index (κ1) is 21.8. The molecule has 1 saturated heterocycles. The van der Waals surface area contributed by atoms with Crippen LogP contribution in [0, 0.1) is 0 Å². The van der Waals surface area contributed by atoms with Gasteiger partial charge < -0.3 is 10.1 Å². The summed E-state index contributed by atoms with van der Waals surface area (Å²) in [7, 11) is -3.51. The molecule has 1 aromatic rings. The topological polar surface area (TPSA) is 87.7 Å². The third-order valence-corrected chi connectivity index (χ3v) is 6.28. The van der Waals surface area contributed by atoms with Crippen LogP contribution in [0.1, 0.15) is 45.0 Å². The minimum absolute atomic E-state index is 0.150. The summed E-state index contributed by atoms with van der Waals surface area (Å²) in [6.45, 7) is 12.5. The van der Waals surface area contributed by atoms with Crippen molar-refractivity contribution in [1.29, 1.82) is 0 Å². The van der Waals surface area contributed by atoms with Crippen LogP contribution in [0.2, 0.25) is 0 Å². The van der Waals surface area contributed by atoms with Gasteiger partial charge >= 0.3 is 0 Å². The Bertz CT molecular complexity index is 737. The fourth-order valence-corrected chi connectivity index (χ4v) is 4.28. The van der Waals surface area contributed by atoms with Crippen LogP contribution >= 0.6 is 0 Å². The normalized spacial score (nSPS) is 21.8. The molecule has 152 valence electrons. The lowest BCUT2D eigenvalue weighted by Crippen LogP contribution is -2.58. The molecule has 1 heterocycles. The first-order chi connectivity index (χ1) is 12.5. The second-order valence-electron chi connectivity index (χ2n) is 7.68. The van der Waals surface area contributed by atoms with Gasteiger partial charge in [-0.2, -0.15) is 0 Å². The predicted molar refractivity (Wildman–Crippen MR) is 105 cm³/mol. The molecule has 1 fully saturated rings. The van der Waals surface area contributed by atoms with E-state index in [0.717, 1.165) is 13.1 Å². The molecule has 8 heteroatoms. The van der Waals surface area contributed by atoms with Crippen LogP contribution in [0.15, 0.2) is 29.2 Å². The lowest BCUT2D eigenvalue weighted by molar-refractivity contribution is -0.0948. The summed E-state index contributed by atoms with van der Waals surface area (Å²) in [6.07, 6.45) is 0.324. The maximum absolute atomic E-state index is 12.5. The highest BCUT2D eigenvalue weighted by Crippen LogP contribution is 2.21. The van der Waals surface area contributed by atoms with E-state index < -0.39 is 10.0 Å². The van der Waals surface area contributed by atoms with E-state index in [1.807, 2.05) is 0 Å². The van der Waals surface area contributed by atoms with E-state index in [0.29, 0.717) is 18.7 Å². The standard InChI is InChI=1S/C19H31N3O4S/c1-6-21-27(24,25)17-9-7-16(8-10-17)18(23)20-13-19(4,5)22-11-14(2)26-15(3)12-22/h7-10,14-15,21H,6,11-13H2,1-5H3,(H,20,23)/t14-,15-/m1/s1. The molecule has 2 atom stereocenters. The number of amides is 1. The summed E-state index contributed by atoms with van der Waals surface area (Å²) >= 11 is 0. The number of morpholine rings is 1. The van der Waals surface area contributed by atoms with Gasteiger partial charge in [0.15, 0.2) is 0 Å². The number of sulfonamides is 1. The fraction of sp³-hybridized carbons (Fsp3) is 0.632. The molecular formula is C19H31N3O4S. The van der Waals surface area contributed by atoms with E-state index >= 15 is 0 Å². The Morgan fingerprint density at radius 1 is 1.19 bits per heavy atom. The van der Waals surface area contributed by atoms with Gasteiger partial charge in [0.1, 0.15) is 0 Å². The molecule has 0 aliphatic carbocycles. The van der Waals surface area contributed by atoms with E-state index in [1.165, 1.54) is 24.3 Å². The Balaban J connectivity index is 1.98. The van der Waals surface area contributed by atoms with E-state index in [4.69, 9.17) is 4.74 Å². The van der Waals surface area contributed by atoms with Crippen molar-refractivity contribution in [1.82, 2.24) is 14.9 Å². The quantitative estimate of drug-likeness (QED) is 0.730. The second-order valence-corrected chi connectivity index (χ2v) is 9.45. The van der Waals surface area contributed by atoms with Gasteiger partial charge in [-0.05, 0) is 52.0 Å². The number of carbonyl (C=O) groups excluding carboxylic acids is 1. The minimum atomic E-state index is -3.51. The van der Waals surface area contributed by atoms with Crippen LogP contribution in [-0.2, 0) is 14.8 Å². The van der Waals surface area contributed by atoms with Crippen LogP contribution in [0.3, 0.4) is 0 Å². The first-order valence-corrected chi connectivity index (χ1v) is 10.8. The van der Waals surface area contributed by atoms with E-state index in [2.05, 4.69) is 42.6 Å². The lowest BCUT2D eigenvalue weighted by atomic mass is 10.00. The number of nitrogens with zero attached hydrogens (tertiary/aromatic N) is 1. The van der Waals surface area contributed by atoms with Crippen molar-refractivity contribution in [3.8, 4) is 0 Å². The van der Waals surface area contributed by atoms with Crippen molar-refractivity contribution in [3.05, 3.63) is 29.8 Å². The summed E-state index contributed by atoms with van der Waals surface area (Å²) in [5.74, 6) is -0.218. The summed E-state index contributed by atoms with van der Waals surface area (Å²) in [5, 5.41) is 2.96. The average Bonchev–Trinajstić information content (AvgIpc) is 2.59. The Labute approximate surface area is 162 Å². The van der Waals surface area contributed by atoms with Crippen molar-refractivity contribution in [3.63, 3.8) is 0 Å². The van der Waals surface area contributed by atoms with Crippen molar-refractivity contribution in [2.24, 2.45) is 0 Å². The lowest BCUT2D eigenvalue weighted by Gasteiger charge is -2.45. The highest BCUT2D eigenvalue weighted by Gasteiger charge is 2.33. The van der Waals surface area contributed by atoms with Gasteiger partial charge in [-0.3, -0.25) is 9.69 Å². The Hall–Kier alpha value is -1.48. The maximum atomic E-state index is 12.5. The van der Waals surface area contributed by atoms with Crippen molar-refractivity contribution in [2.75, 3.05) is 26.2 Å². The molecule has 0 bridgehead atoms. The molecule has 27 heavy (non-hydrogen) atoms. The van der Waals surface area contributed by atoms with Gasteiger partial charge in [-0.25, -0.2) is 13.1 Å². The fourth-order valence-electron chi connectivity index (χ4n) is 3.24.